The molecule has 0 aliphatic heterocycles. The lowest BCUT2D eigenvalue weighted by Crippen LogP contribution is -2.16. The lowest BCUT2D eigenvalue weighted by atomic mass is 10.2. The average Bonchev–Trinajstić information content (AvgIpc) is 2.98. The Balaban J connectivity index is 2.20. The molecule has 0 aliphatic carbocycles. The number of thiazole rings is 1. The first-order valence-electron chi connectivity index (χ1n) is 7.67. The largest absolute Gasteiger partial charge is 0.312 e. The third-order valence-electron chi connectivity index (χ3n) is 3.80. The number of halogens is 1. The molecule has 3 rings (SSSR count). The van der Waals surface area contributed by atoms with Crippen molar-refractivity contribution in [2.45, 2.75) is 18.4 Å². The highest BCUT2D eigenvalue weighted by molar-refractivity contribution is 7.98. The second-order valence-electron chi connectivity index (χ2n) is 5.47. The molecule has 0 aliphatic rings. The first-order chi connectivity index (χ1) is 12.0. The lowest BCUT2D eigenvalue weighted by Gasteiger charge is -2.04. The summed E-state index contributed by atoms with van der Waals surface area (Å²) in [5.41, 5.74) is 2.68. The summed E-state index contributed by atoms with van der Waals surface area (Å²) < 4.78 is 2.93. The number of carbonyl (C=O) groups excluding carboxylic acids is 1. The van der Waals surface area contributed by atoms with Crippen molar-refractivity contribution in [1.29, 1.82) is 0 Å². The number of aromatic nitrogens is 1. The van der Waals surface area contributed by atoms with E-state index in [1.807, 2.05) is 48.1 Å². The number of benzene rings is 2. The smallest absolute Gasteiger partial charge is 0.279 e. The highest BCUT2D eigenvalue weighted by atomic mass is 35.5. The molecule has 0 atom stereocenters. The molecule has 3 nitrogen and oxygen atoms in total. The normalized spacial score (nSPS) is 11.9. The number of thioether (sulfide) groups is 1. The fraction of sp³-hybridized carbons (Fsp3) is 0.158. The van der Waals surface area contributed by atoms with Gasteiger partial charge >= 0.3 is 0 Å². The Labute approximate surface area is 159 Å². The third kappa shape index (κ3) is 3.59. The fourth-order valence-electron chi connectivity index (χ4n) is 2.61. The monoisotopic (exact) mass is 388 g/mol. The van der Waals surface area contributed by atoms with Gasteiger partial charge in [-0.05, 0) is 43.0 Å². The van der Waals surface area contributed by atoms with Gasteiger partial charge in [0.25, 0.3) is 5.91 Å². The summed E-state index contributed by atoms with van der Waals surface area (Å²) in [6, 6.07) is 11.3. The topological polar surface area (TPSA) is 34.4 Å². The number of hydrogen-bond acceptors (Lipinski definition) is 3. The molecule has 2 aromatic carbocycles. The number of carbonyl (C=O) groups is 1. The minimum absolute atomic E-state index is 0.256. The van der Waals surface area contributed by atoms with Crippen LogP contribution in [0.4, 0.5) is 0 Å². The van der Waals surface area contributed by atoms with Gasteiger partial charge in [-0.2, -0.15) is 4.99 Å². The fourth-order valence-corrected chi connectivity index (χ4v) is 4.46. The Bertz CT molecular complexity index is 1030. The zero-order chi connectivity index (χ0) is 18.0. The maximum atomic E-state index is 12.6. The van der Waals surface area contributed by atoms with Crippen molar-refractivity contribution < 1.29 is 4.79 Å². The minimum atomic E-state index is -0.256. The molecule has 0 spiro atoms. The van der Waals surface area contributed by atoms with E-state index < -0.39 is 0 Å². The van der Waals surface area contributed by atoms with E-state index in [9.17, 15) is 4.79 Å². The highest BCUT2D eigenvalue weighted by Gasteiger charge is 2.13. The van der Waals surface area contributed by atoms with E-state index in [1.54, 1.807) is 23.9 Å². The molecule has 0 bridgehead atoms. The molecule has 25 heavy (non-hydrogen) atoms. The number of aryl methyl sites for hydroxylation is 1. The van der Waals surface area contributed by atoms with Crippen LogP contribution in [0.1, 0.15) is 15.9 Å². The number of fused-ring (bicyclic) bond motifs is 1. The molecule has 0 radical (unpaired) electrons. The van der Waals surface area contributed by atoms with E-state index in [1.165, 1.54) is 11.3 Å². The Morgan fingerprint density at radius 2 is 2.20 bits per heavy atom. The predicted molar refractivity (Wildman–Crippen MR) is 108 cm³/mol. The van der Waals surface area contributed by atoms with Crippen LogP contribution in [0.3, 0.4) is 0 Å². The molecule has 3 aromatic rings. The number of rotatable bonds is 4. The first kappa shape index (κ1) is 18.0. The molecule has 0 saturated heterocycles. The van der Waals surface area contributed by atoms with E-state index in [2.05, 4.69) is 11.6 Å². The van der Waals surface area contributed by atoms with Crippen LogP contribution in [0.15, 0.2) is 58.9 Å². The molecule has 0 N–H and O–H groups in total. The van der Waals surface area contributed by atoms with Crippen LogP contribution in [0, 0.1) is 6.92 Å². The summed E-state index contributed by atoms with van der Waals surface area (Å²) in [5, 5.41) is 0.668. The zero-order valence-corrected chi connectivity index (χ0v) is 16.3. The van der Waals surface area contributed by atoms with Gasteiger partial charge in [0, 0.05) is 17.0 Å². The van der Waals surface area contributed by atoms with Crippen molar-refractivity contribution in [3.63, 3.8) is 0 Å². The predicted octanol–water partition coefficient (Wildman–Crippen LogP) is 5.31. The zero-order valence-electron chi connectivity index (χ0n) is 14.0. The quantitative estimate of drug-likeness (QED) is 0.448. The van der Waals surface area contributed by atoms with Gasteiger partial charge in [-0.25, -0.2) is 0 Å². The second kappa shape index (κ2) is 7.60. The van der Waals surface area contributed by atoms with Crippen LogP contribution in [-0.4, -0.2) is 16.7 Å². The number of nitrogens with zero attached hydrogens (tertiary/aromatic N) is 2. The molecule has 1 heterocycles. The van der Waals surface area contributed by atoms with Crippen molar-refractivity contribution in [2.75, 3.05) is 6.26 Å². The van der Waals surface area contributed by atoms with Crippen LogP contribution in [0.25, 0.3) is 10.2 Å². The van der Waals surface area contributed by atoms with E-state index in [0.29, 0.717) is 21.9 Å². The average molecular weight is 389 g/mol. The molecule has 6 heteroatoms. The van der Waals surface area contributed by atoms with Crippen molar-refractivity contribution in [3.05, 3.63) is 70.0 Å². The Hall–Kier alpha value is -1.82. The van der Waals surface area contributed by atoms with Crippen LogP contribution in [0.2, 0.25) is 5.02 Å². The van der Waals surface area contributed by atoms with E-state index in [-0.39, 0.29) is 5.91 Å². The van der Waals surface area contributed by atoms with Gasteiger partial charge in [0.15, 0.2) is 4.80 Å². The molecular weight excluding hydrogens is 372 g/mol. The number of amides is 1. The van der Waals surface area contributed by atoms with Gasteiger partial charge in [0.2, 0.25) is 0 Å². The van der Waals surface area contributed by atoms with Gasteiger partial charge < -0.3 is 4.57 Å². The second-order valence-corrected chi connectivity index (χ2v) is 7.74. The third-order valence-corrected chi connectivity index (χ3v) is 6.07. The van der Waals surface area contributed by atoms with Crippen molar-refractivity contribution >= 4 is 50.8 Å². The summed E-state index contributed by atoms with van der Waals surface area (Å²) >= 11 is 9.38. The number of hydrogen-bond donors (Lipinski definition) is 0. The summed E-state index contributed by atoms with van der Waals surface area (Å²) in [7, 11) is 0. The summed E-state index contributed by atoms with van der Waals surface area (Å²) in [4.78, 5) is 18.7. The van der Waals surface area contributed by atoms with Crippen molar-refractivity contribution in [2.24, 2.45) is 4.99 Å². The van der Waals surface area contributed by atoms with E-state index in [4.69, 9.17) is 11.6 Å². The SMILES string of the molecule is C=CCn1c(=NC(=O)c2cccc(SC)c2)sc2c(Cl)ccc(C)c21. The Morgan fingerprint density at radius 1 is 1.40 bits per heavy atom. The van der Waals surface area contributed by atoms with Crippen LogP contribution < -0.4 is 4.80 Å². The standard InChI is InChI=1S/C19H17ClN2OS2/c1-4-10-22-16-12(2)8-9-15(20)17(16)25-19(22)21-18(23)13-6-5-7-14(11-13)24-3/h4-9,11H,1,10H2,2-3H3. The van der Waals surface area contributed by atoms with Gasteiger partial charge in [-0.1, -0.05) is 41.1 Å². The van der Waals surface area contributed by atoms with Gasteiger partial charge in [0.05, 0.1) is 15.2 Å². The first-order valence-corrected chi connectivity index (χ1v) is 10.1. The Morgan fingerprint density at radius 3 is 2.92 bits per heavy atom. The van der Waals surface area contributed by atoms with Crippen LogP contribution >= 0.6 is 34.7 Å². The van der Waals surface area contributed by atoms with E-state index in [0.717, 1.165) is 20.7 Å². The van der Waals surface area contributed by atoms with Crippen LogP contribution in [-0.2, 0) is 6.54 Å². The van der Waals surface area contributed by atoms with E-state index >= 15 is 0 Å². The van der Waals surface area contributed by atoms with Crippen molar-refractivity contribution in [1.82, 2.24) is 4.57 Å². The molecule has 0 fully saturated rings. The summed E-state index contributed by atoms with van der Waals surface area (Å²) in [6.07, 6.45) is 3.78. The molecule has 1 aromatic heterocycles. The van der Waals surface area contributed by atoms with Gasteiger partial charge in [0.1, 0.15) is 0 Å². The van der Waals surface area contributed by atoms with Crippen LogP contribution in [0.5, 0.6) is 0 Å². The molecular formula is C19H17ClN2OS2. The minimum Gasteiger partial charge on any atom is -0.312 e. The maximum Gasteiger partial charge on any atom is 0.279 e. The van der Waals surface area contributed by atoms with Crippen molar-refractivity contribution in [3.8, 4) is 0 Å². The molecule has 128 valence electrons. The molecule has 0 unspecified atom stereocenters. The lowest BCUT2D eigenvalue weighted by molar-refractivity contribution is 0.0997. The highest BCUT2D eigenvalue weighted by Crippen LogP contribution is 2.29. The molecule has 0 saturated carbocycles. The van der Waals surface area contributed by atoms with Gasteiger partial charge in [-0.15, -0.1) is 18.3 Å². The van der Waals surface area contributed by atoms with Gasteiger partial charge in [-0.3, -0.25) is 4.79 Å². The number of allylic oxidation sites excluding steroid dienone is 1. The summed E-state index contributed by atoms with van der Waals surface area (Å²) in [6.45, 7) is 6.41. The Kier molecular flexibility index (Phi) is 5.47. The summed E-state index contributed by atoms with van der Waals surface area (Å²) in [5.74, 6) is -0.256. The molecule has 1 amide bonds. The maximum absolute atomic E-state index is 12.6.